The number of likely N-dealkylation sites (tertiary alicyclic amines) is 1. The molecule has 4 heterocycles. The van der Waals surface area contributed by atoms with Crippen molar-refractivity contribution in [3.8, 4) is 0 Å². The van der Waals surface area contributed by atoms with Crippen molar-refractivity contribution in [2.24, 2.45) is 5.92 Å². The van der Waals surface area contributed by atoms with Gasteiger partial charge in [-0.15, -0.1) is 0 Å². The molecule has 1 amide bonds. The van der Waals surface area contributed by atoms with Gasteiger partial charge in [0.05, 0.1) is 0 Å². The second kappa shape index (κ2) is 8.37. The van der Waals surface area contributed by atoms with Gasteiger partial charge in [0, 0.05) is 51.4 Å². The van der Waals surface area contributed by atoms with E-state index in [1.54, 1.807) is 16.4 Å². The summed E-state index contributed by atoms with van der Waals surface area (Å²) in [4.78, 5) is 21.5. The first kappa shape index (κ1) is 19.6. The summed E-state index contributed by atoms with van der Waals surface area (Å²) < 4.78 is 27.1. The number of anilines is 1. The van der Waals surface area contributed by atoms with Crippen LogP contribution in [-0.4, -0.2) is 67.8 Å². The zero-order valence-corrected chi connectivity index (χ0v) is 17.2. The lowest BCUT2D eigenvalue weighted by Crippen LogP contribution is -2.42. The lowest BCUT2D eigenvalue weighted by atomic mass is 9.95. The Bertz CT molecular complexity index is 776. The van der Waals surface area contributed by atoms with Gasteiger partial charge in [0.25, 0.3) is 0 Å². The summed E-state index contributed by atoms with van der Waals surface area (Å²) >= 11 is 0. The number of carbonyl (C=O) groups is 1. The van der Waals surface area contributed by atoms with Gasteiger partial charge in [-0.25, -0.2) is 13.4 Å². The molecule has 0 aliphatic carbocycles. The number of hydrogen-bond donors (Lipinski definition) is 0. The standard InChI is InChI=1S/C20H30N4O3S/c25-20(23-10-4-5-11-23)17-8-14-22(15-9-17)19-7-6-18(16-21-19)28(26,27)24-12-2-1-3-13-24/h6-7,16-17H,1-5,8-15H2. The molecule has 0 radical (unpaired) electrons. The maximum absolute atomic E-state index is 12.7. The van der Waals surface area contributed by atoms with Crippen molar-refractivity contribution >= 4 is 21.7 Å². The highest BCUT2D eigenvalue weighted by Crippen LogP contribution is 2.26. The van der Waals surface area contributed by atoms with Crippen molar-refractivity contribution in [3.05, 3.63) is 18.3 Å². The number of nitrogens with zero attached hydrogens (tertiary/aromatic N) is 4. The molecule has 154 valence electrons. The largest absolute Gasteiger partial charge is 0.357 e. The normalized spacial score (nSPS) is 22.6. The second-order valence-electron chi connectivity index (χ2n) is 8.11. The molecule has 4 rings (SSSR count). The van der Waals surface area contributed by atoms with Gasteiger partial charge in [0.1, 0.15) is 10.7 Å². The average molecular weight is 407 g/mol. The Balaban J connectivity index is 1.36. The van der Waals surface area contributed by atoms with Crippen LogP contribution in [0, 0.1) is 5.92 Å². The van der Waals surface area contributed by atoms with Gasteiger partial charge in [0.15, 0.2) is 0 Å². The molecule has 3 aliphatic heterocycles. The third kappa shape index (κ3) is 4.03. The van der Waals surface area contributed by atoms with Gasteiger partial charge in [-0.3, -0.25) is 4.79 Å². The minimum Gasteiger partial charge on any atom is -0.357 e. The lowest BCUT2D eigenvalue weighted by molar-refractivity contribution is -0.135. The molecule has 1 aromatic heterocycles. The van der Waals surface area contributed by atoms with Crippen molar-refractivity contribution in [2.45, 2.75) is 49.8 Å². The van der Waals surface area contributed by atoms with E-state index in [0.29, 0.717) is 19.0 Å². The molecule has 7 nitrogen and oxygen atoms in total. The first-order valence-corrected chi connectivity index (χ1v) is 12.0. The topological polar surface area (TPSA) is 73.8 Å². The number of piperidine rings is 2. The molecule has 0 unspecified atom stereocenters. The molecular formula is C20H30N4O3S. The number of amides is 1. The van der Waals surface area contributed by atoms with E-state index in [2.05, 4.69) is 9.88 Å². The highest BCUT2D eigenvalue weighted by atomic mass is 32.2. The first-order valence-electron chi connectivity index (χ1n) is 10.6. The Hall–Kier alpha value is -1.67. The van der Waals surface area contributed by atoms with Crippen LogP contribution in [-0.2, 0) is 14.8 Å². The molecule has 1 aromatic rings. The average Bonchev–Trinajstić information content (AvgIpc) is 3.29. The van der Waals surface area contributed by atoms with E-state index in [9.17, 15) is 13.2 Å². The van der Waals surface area contributed by atoms with Crippen LogP contribution in [0.1, 0.15) is 44.9 Å². The van der Waals surface area contributed by atoms with Crippen LogP contribution in [0.2, 0.25) is 0 Å². The lowest BCUT2D eigenvalue weighted by Gasteiger charge is -2.34. The maximum Gasteiger partial charge on any atom is 0.244 e. The fourth-order valence-electron chi connectivity index (χ4n) is 4.52. The maximum atomic E-state index is 12.7. The first-order chi connectivity index (χ1) is 13.6. The molecule has 0 saturated carbocycles. The highest BCUT2D eigenvalue weighted by Gasteiger charge is 2.31. The molecule has 0 N–H and O–H groups in total. The van der Waals surface area contributed by atoms with E-state index in [4.69, 9.17) is 0 Å². The summed E-state index contributed by atoms with van der Waals surface area (Å²) in [6, 6.07) is 3.48. The second-order valence-corrected chi connectivity index (χ2v) is 10.0. The predicted molar refractivity (Wildman–Crippen MR) is 108 cm³/mol. The minimum absolute atomic E-state index is 0.119. The number of rotatable bonds is 4. The minimum atomic E-state index is -3.44. The van der Waals surface area contributed by atoms with E-state index in [1.165, 1.54) is 6.20 Å². The Kier molecular flexibility index (Phi) is 5.87. The van der Waals surface area contributed by atoms with Crippen LogP contribution < -0.4 is 4.90 Å². The van der Waals surface area contributed by atoms with Crippen LogP contribution in [0.25, 0.3) is 0 Å². The van der Waals surface area contributed by atoms with Gasteiger partial charge in [-0.1, -0.05) is 6.42 Å². The van der Waals surface area contributed by atoms with Crippen LogP contribution in [0.3, 0.4) is 0 Å². The molecule has 0 spiro atoms. The summed E-state index contributed by atoms with van der Waals surface area (Å²) in [5, 5.41) is 0. The Morgan fingerprint density at radius 3 is 2.14 bits per heavy atom. The molecule has 0 bridgehead atoms. The van der Waals surface area contributed by atoms with E-state index in [1.807, 2.05) is 4.90 Å². The number of hydrogen-bond acceptors (Lipinski definition) is 5. The van der Waals surface area contributed by atoms with Crippen LogP contribution in [0.4, 0.5) is 5.82 Å². The van der Waals surface area contributed by atoms with Gasteiger partial charge in [0.2, 0.25) is 15.9 Å². The van der Waals surface area contributed by atoms with Crippen molar-refractivity contribution in [1.29, 1.82) is 0 Å². The smallest absolute Gasteiger partial charge is 0.244 e. The highest BCUT2D eigenvalue weighted by molar-refractivity contribution is 7.89. The molecule has 0 aromatic carbocycles. The number of aromatic nitrogens is 1. The van der Waals surface area contributed by atoms with Crippen LogP contribution >= 0.6 is 0 Å². The fourth-order valence-corrected chi connectivity index (χ4v) is 5.98. The van der Waals surface area contributed by atoms with Gasteiger partial charge in [-0.2, -0.15) is 4.31 Å². The summed E-state index contributed by atoms with van der Waals surface area (Å²) in [7, 11) is -3.44. The molecular weight excluding hydrogens is 376 g/mol. The Labute approximate surface area is 167 Å². The summed E-state index contributed by atoms with van der Waals surface area (Å²) in [6.45, 7) is 4.59. The zero-order valence-electron chi connectivity index (χ0n) is 16.4. The van der Waals surface area contributed by atoms with Crippen LogP contribution in [0.15, 0.2) is 23.2 Å². The van der Waals surface area contributed by atoms with Gasteiger partial charge in [-0.05, 0) is 50.7 Å². The van der Waals surface area contributed by atoms with Crippen molar-refractivity contribution in [2.75, 3.05) is 44.2 Å². The molecule has 8 heteroatoms. The number of pyridine rings is 1. The van der Waals surface area contributed by atoms with E-state index >= 15 is 0 Å². The van der Waals surface area contributed by atoms with Crippen molar-refractivity contribution in [1.82, 2.24) is 14.2 Å². The van der Waals surface area contributed by atoms with Crippen LogP contribution in [0.5, 0.6) is 0 Å². The molecule has 28 heavy (non-hydrogen) atoms. The van der Waals surface area contributed by atoms with Gasteiger partial charge < -0.3 is 9.80 Å². The third-order valence-corrected chi connectivity index (χ3v) is 8.14. The zero-order chi connectivity index (χ0) is 19.6. The predicted octanol–water partition coefficient (Wildman–Crippen LogP) is 2.10. The Morgan fingerprint density at radius 2 is 1.54 bits per heavy atom. The monoisotopic (exact) mass is 406 g/mol. The van der Waals surface area contributed by atoms with E-state index in [0.717, 1.165) is 76.9 Å². The molecule has 3 aliphatic rings. The summed E-state index contributed by atoms with van der Waals surface area (Å²) in [5.74, 6) is 1.23. The fraction of sp³-hybridized carbons (Fsp3) is 0.700. The summed E-state index contributed by atoms with van der Waals surface area (Å²) in [5.41, 5.74) is 0. The number of sulfonamides is 1. The SMILES string of the molecule is O=C(C1CCN(c2ccc(S(=O)(=O)N3CCCCC3)cn2)CC1)N1CCCC1. The van der Waals surface area contributed by atoms with E-state index in [-0.39, 0.29) is 10.8 Å². The van der Waals surface area contributed by atoms with Gasteiger partial charge >= 0.3 is 0 Å². The quantitative estimate of drug-likeness (QED) is 0.766. The number of carbonyl (C=O) groups excluding carboxylic acids is 1. The van der Waals surface area contributed by atoms with Crippen molar-refractivity contribution in [3.63, 3.8) is 0 Å². The van der Waals surface area contributed by atoms with Crippen molar-refractivity contribution < 1.29 is 13.2 Å². The molecule has 0 atom stereocenters. The third-order valence-electron chi connectivity index (χ3n) is 6.26. The summed E-state index contributed by atoms with van der Waals surface area (Å²) in [6.07, 6.45) is 8.36. The molecule has 3 saturated heterocycles. The van der Waals surface area contributed by atoms with E-state index < -0.39 is 10.0 Å². The Morgan fingerprint density at radius 1 is 0.893 bits per heavy atom. The molecule has 3 fully saturated rings.